The Morgan fingerprint density at radius 1 is 1.40 bits per heavy atom. The molecule has 2 N–H and O–H groups in total. The summed E-state index contributed by atoms with van der Waals surface area (Å²) in [7, 11) is 0. The Labute approximate surface area is 125 Å². The Morgan fingerprint density at radius 2 is 2.10 bits per heavy atom. The van der Waals surface area contributed by atoms with E-state index in [9.17, 15) is 4.79 Å². The first kappa shape index (κ1) is 16.9. The molecule has 1 heterocycles. The largest absolute Gasteiger partial charge is 0.481 e. The summed E-state index contributed by atoms with van der Waals surface area (Å²) in [6.45, 7) is 9.34. The number of aromatic nitrogens is 2. The number of hydrogen-bond donors (Lipinski definition) is 2. The van der Waals surface area contributed by atoms with Gasteiger partial charge in [-0.05, 0) is 24.2 Å². The molecule has 0 aromatic carbocycles. The zero-order chi connectivity index (χ0) is 15.2. The zero-order valence-corrected chi connectivity index (χ0v) is 13.6. The van der Waals surface area contributed by atoms with Crippen molar-refractivity contribution in [2.24, 2.45) is 11.3 Å². The average Bonchev–Trinajstić information content (AvgIpc) is 2.79. The summed E-state index contributed by atoms with van der Waals surface area (Å²) in [5.41, 5.74) is 0.118. The van der Waals surface area contributed by atoms with Gasteiger partial charge in [0.15, 0.2) is 0 Å². The summed E-state index contributed by atoms with van der Waals surface area (Å²) in [5.74, 6) is 0.532. The van der Waals surface area contributed by atoms with Crippen molar-refractivity contribution in [2.45, 2.75) is 53.4 Å². The van der Waals surface area contributed by atoms with Crippen molar-refractivity contribution >= 4 is 22.6 Å². The van der Waals surface area contributed by atoms with Crippen LogP contribution in [-0.2, 0) is 11.2 Å². The fraction of sp³-hybridized carbons (Fsp3) is 0.786. The Kier molecular flexibility index (Phi) is 6.39. The lowest BCUT2D eigenvalue weighted by molar-refractivity contribution is -0.137. The number of carboxylic acids is 1. The van der Waals surface area contributed by atoms with Gasteiger partial charge in [0, 0.05) is 30.9 Å². The minimum absolute atomic E-state index is 0.118. The van der Waals surface area contributed by atoms with Gasteiger partial charge in [-0.1, -0.05) is 27.7 Å². The van der Waals surface area contributed by atoms with Gasteiger partial charge in [-0.15, -0.1) is 0 Å². The molecule has 1 rings (SSSR count). The fourth-order valence-corrected chi connectivity index (χ4v) is 2.81. The van der Waals surface area contributed by atoms with E-state index in [0.717, 1.165) is 36.8 Å². The molecule has 5 nitrogen and oxygen atoms in total. The van der Waals surface area contributed by atoms with E-state index in [1.807, 2.05) is 6.92 Å². The number of hydrogen-bond acceptors (Lipinski definition) is 5. The summed E-state index contributed by atoms with van der Waals surface area (Å²) in [6, 6.07) is 0. The molecule has 0 fully saturated rings. The number of anilines is 1. The van der Waals surface area contributed by atoms with Gasteiger partial charge in [-0.2, -0.15) is 4.37 Å². The zero-order valence-electron chi connectivity index (χ0n) is 12.8. The van der Waals surface area contributed by atoms with E-state index in [1.165, 1.54) is 11.5 Å². The Balaban J connectivity index is 2.43. The standard InChI is InChI=1S/C14H25N3O2S/c1-5-11-16-13(20-17-11)15-9-8-10(14(2,3)4)6-7-12(18)19/h10H,5-9H2,1-4H3,(H,18,19)(H,15,16,17). The molecule has 0 amide bonds. The fourth-order valence-electron chi connectivity index (χ4n) is 2.13. The maximum Gasteiger partial charge on any atom is 0.303 e. The smallest absolute Gasteiger partial charge is 0.303 e. The maximum atomic E-state index is 10.7. The summed E-state index contributed by atoms with van der Waals surface area (Å²) >= 11 is 1.39. The van der Waals surface area contributed by atoms with Crippen molar-refractivity contribution in [1.82, 2.24) is 9.36 Å². The maximum absolute atomic E-state index is 10.7. The van der Waals surface area contributed by atoms with Crippen LogP contribution in [-0.4, -0.2) is 27.0 Å². The molecule has 20 heavy (non-hydrogen) atoms. The van der Waals surface area contributed by atoms with Crippen molar-refractivity contribution < 1.29 is 9.90 Å². The van der Waals surface area contributed by atoms with Crippen LogP contribution in [0.5, 0.6) is 0 Å². The normalized spacial score (nSPS) is 13.2. The third-order valence-electron chi connectivity index (χ3n) is 3.48. The van der Waals surface area contributed by atoms with E-state index < -0.39 is 5.97 Å². The molecule has 114 valence electrons. The highest BCUT2D eigenvalue weighted by Crippen LogP contribution is 2.32. The molecular formula is C14H25N3O2S. The molecule has 6 heteroatoms. The quantitative estimate of drug-likeness (QED) is 0.769. The minimum Gasteiger partial charge on any atom is -0.481 e. The summed E-state index contributed by atoms with van der Waals surface area (Å²) in [5, 5.41) is 13.0. The number of aliphatic carboxylic acids is 1. The molecule has 1 unspecified atom stereocenters. The molecule has 0 spiro atoms. The van der Waals surface area contributed by atoms with Crippen LogP contribution in [0.25, 0.3) is 0 Å². The topological polar surface area (TPSA) is 75.1 Å². The summed E-state index contributed by atoms with van der Waals surface area (Å²) in [6.07, 6.45) is 2.75. The Bertz CT molecular complexity index is 426. The monoisotopic (exact) mass is 299 g/mol. The van der Waals surface area contributed by atoms with Gasteiger partial charge in [0.25, 0.3) is 0 Å². The van der Waals surface area contributed by atoms with Crippen molar-refractivity contribution in [3.63, 3.8) is 0 Å². The first-order valence-corrected chi connectivity index (χ1v) is 7.88. The lowest BCUT2D eigenvalue weighted by Crippen LogP contribution is -2.24. The average molecular weight is 299 g/mol. The number of aryl methyl sites for hydroxylation is 1. The van der Waals surface area contributed by atoms with E-state index in [2.05, 4.69) is 35.4 Å². The lowest BCUT2D eigenvalue weighted by Gasteiger charge is -2.30. The van der Waals surface area contributed by atoms with E-state index in [-0.39, 0.29) is 11.8 Å². The SMILES string of the molecule is CCc1nsc(NCCC(CCC(=O)O)C(C)(C)C)n1. The van der Waals surface area contributed by atoms with Crippen LogP contribution in [0.1, 0.15) is 52.8 Å². The number of nitrogens with zero attached hydrogens (tertiary/aromatic N) is 2. The molecule has 0 aliphatic carbocycles. The van der Waals surface area contributed by atoms with Crippen LogP contribution < -0.4 is 5.32 Å². The van der Waals surface area contributed by atoms with Crippen molar-refractivity contribution in [3.05, 3.63) is 5.82 Å². The molecular weight excluding hydrogens is 274 g/mol. The van der Waals surface area contributed by atoms with Crippen LogP contribution in [0.2, 0.25) is 0 Å². The second kappa shape index (κ2) is 7.57. The van der Waals surface area contributed by atoms with Gasteiger partial charge in [0.1, 0.15) is 5.82 Å². The minimum atomic E-state index is -0.719. The Morgan fingerprint density at radius 3 is 2.60 bits per heavy atom. The molecule has 0 aliphatic rings. The highest BCUT2D eigenvalue weighted by molar-refractivity contribution is 7.09. The van der Waals surface area contributed by atoms with Gasteiger partial charge in [0.2, 0.25) is 5.13 Å². The van der Waals surface area contributed by atoms with Gasteiger partial charge in [-0.3, -0.25) is 4.79 Å². The summed E-state index contributed by atoms with van der Waals surface area (Å²) in [4.78, 5) is 15.1. The molecule has 1 atom stereocenters. The van der Waals surface area contributed by atoms with Crippen LogP contribution >= 0.6 is 11.5 Å². The van der Waals surface area contributed by atoms with Crippen LogP contribution in [0.15, 0.2) is 0 Å². The van der Waals surface area contributed by atoms with Gasteiger partial charge < -0.3 is 10.4 Å². The number of nitrogens with one attached hydrogen (secondary N) is 1. The van der Waals surface area contributed by atoms with E-state index in [1.54, 1.807) is 0 Å². The second-order valence-electron chi connectivity index (χ2n) is 6.08. The van der Waals surface area contributed by atoms with E-state index in [4.69, 9.17) is 5.11 Å². The first-order chi connectivity index (χ1) is 9.32. The molecule has 0 saturated carbocycles. The van der Waals surface area contributed by atoms with Crippen molar-refractivity contribution in [2.75, 3.05) is 11.9 Å². The second-order valence-corrected chi connectivity index (χ2v) is 6.83. The number of rotatable bonds is 8. The third kappa shape index (κ3) is 5.86. The molecule has 0 saturated heterocycles. The van der Waals surface area contributed by atoms with Crippen LogP contribution in [0, 0.1) is 11.3 Å². The predicted octanol–water partition coefficient (Wildman–Crippen LogP) is 3.43. The molecule has 1 aromatic rings. The third-order valence-corrected chi connectivity index (χ3v) is 4.20. The van der Waals surface area contributed by atoms with E-state index >= 15 is 0 Å². The molecule has 0 aliphatic heterocycles. The highest BCUT2D eigenvalue weighted by atomic mass is 32.1. The highest BCUT2D eigenvalue weighted by Gasteiger charge is 2.24. The van der Waals surface area contributed by atoms with E-state index in [0.29, 0.717) is 5.92 Å². The van der Waals surface area contributed by atoms with Crippen molar-refractivity contribution in [3.8, 4) is 0 Å². The molecule has 1 aromatic heterocycles. The van der Waals surface area contributed by atoms with Crippen molar-refractivity contribution in [1.29, 1.82) is 0 Å². The Hall–Kier alpha value is -1.17. The van der Waals surface area contributed by atoms with Gasteiger partial charge in [-0.25, -0.2) is 4.98 Å². The molecule has 0 radical (unpaired) electrons. The van der Waals surface area contributed by atoms with Crippen LogP contribution in [0.4, 0.5) is 5.13 Å². The van der Waals surface area contributed by atoms with Crippen LogP contribution in [0.3, 0.4) is 0 Å². The van der Waals surface area contributed by atoms with Gasteiger partial charge >= 0.3 is 5.97 Å². The lowest BCUT2D eigenvalue weighted by atomic mass is 9.76. The number of carboxylic acid groups (broad SMARTS) is 1. The molecule has 0 bridgehead atoms. The summed E-state index contributed by atoms with van der Waals surface area (Å²) < 4.78 is 4.23. The predicted molar refractivity (Wildman–Crippen MR) is 82.2 cm³/mol. The number of carbonyl (C=O) groups is 1. The first-order valence-electron chi connectivity index (χ1n) is 7.11. The van der Waals surface area contributed by atoms with Gasteiger partial charge in [0.05, 0.1) is 0 Å².